The number of aliphatic hydroxyl groups is 2. The molecule has 8 heteroatoms. The first-order chi connectivity index (χ1) is 13.4. The molecule has 0 spiro atoms. The molecule has 1 aromatic heterocycles. The van der Waals surface area contributed by atoms with E-state index in [1.54, 1.807) is 12.1 Å². The Morgan fingerprint density at radius 2 is 1.86 bits per heavy atom. The van der Waals surface area contributed by atoms with E-state index in [2.05, 4.69) is 0 Å². The van der Waals surface area contributed by atoms with Gasteiger partial charge in [-0.05, 0) is 24.1 Å². The molecule has 150 valence electrons. The van der Waals surface area contributed by atoms with Crippen LogP contribution < -0.4 is 40.0 Å². The molecular weight excluding hydrogens is 383 g/mol. The molecule has 0 fully saturated rings. The van der Waals surface area contributed by atoms with Crippen LogP contribution in [0, 0.1) is 0 Å². The van der Waals surface area contributed by atoms with Crippen LogP contribution in [-0.4, -0.2) is 38.7 Å². The average molecular weight is 408 g/mol. The summed E-state index contributed by atoms with van der Waals surface area (Å²) in [6.07, 6.45) is -2.23. The number of benzene rings is 2. The minimum absolute atomic E-state index is 0. The van der Waals surface area contributed by atoms with Gasteiger partial charge in [-0.15, -0.1) is 0 Å². The normalized spacial score (nSPS) is 13.0. The summed E-state index contributed by atoms with van der Waals surface area (Å²) < 4.78 is 7.51. The average Bonchev–Trinajstić information content (AvgIpc) is 3.00. The van der Waals surface area contributed by atoms with Crippen LogP contribution in [0.1, 0.15) is 31.3 Å². The van der Waals surface area contributed by atoms with E-state index in [-0.39, 0.29) is 31.0 Å². The zero-order valence-corrected chi connectivity index (χ0v) is 18.6. The molecular formula is C21H25N2NaO5. The number of rotatable bonds is 8. The number of aliphatic carboxylic acids is 1. The van der Waals surface area contributed by atoms with Crippen LogP contribution >= 0.6 is 0 Å². The van der Waals surface area contributed by atoms with Gasteiger partial charge < -0.3 is 31.8 Å². The smallest absolute Gasteiger partial charge is 1.00 e. The van der Waals surface area contributed by atoms with Gasteiger partial charge >= 0.3 is 35.5 Å². The predicted octanol–water partition coefficient (Wildman–Crippen LogP) is -0.858. The fraction of sp³-hybridized carbons (Fsp3) is 0.286. The Hall–Kier alpha value is -1.87. The van der Waals surface area contributed by atoms with E-state index in [9.17, 15) is 15.0 Å². The van der Waals surface area contributed by atoms with Crippen molar-refractivity contribution >= 4 is 16.9 Å². The third-order valence-electron chi connectivity index (χ3n) is 4.69. The molecule has 5 N–H and O–H groups in total. The zero-order chi connectivity index (χ0) is 20.3. The molecule has 2 unspecified atom stereocenters. The van der Waals surface area contributed by atoms with Crippen LogP contribution in [0.25, 0.3) is 10.9 Å². The summed E-state index contributed by atoms with van der Waals surface area (Å²) in [5, 5.41) is 30.0. The van der Waals surface area contributed by atoms with Crippen molar-refractivity contribution in [3.63, 3.8) is 0 Å². The monoisotopic (exact) mass is 408 g/mol. The van der Waals surface area contributed by atoms with E-state index >= 15 is 0 Å². The maximum absolute atomic E-state index is 11.0. The second-order valence-corrected chi connectivity index (χ2v) is 6.55. The minimum atomic E-state index is -1.48. The van der Waals surface area contributed by atoms with Gasteiger partial charge in [0.15, 0.2) is 6.61 Å². The summed E-state index contributed by atoms with van der Waals surface area (Å²) in [7, 11) is 0. The number of hydrogen-bond acceptors (Lipinski definition) is 5. The summed E-state index contributed by atoms with van der Waals surface area (Å²) in [6.45, 7) is 1.99. The molecule has 0 aliphatic heterocycles. The standard InChI is InChI=1S/C21H24N2O5.Na.H/c1-2-14-19(20(26)21(22)27)18-15(9-6-10-16(18)28-12-17(24)25)23(14)11-13-7-4-3-5-8-13;;/h3-10,20-21,26-27H,2,11-12,22H2,1H3,(H,24,25);;/q;+1;-1. The molecule has 3 aromatic rings. The van der Waals surface area contributed by atoms with Gasteiger partial charge in [0, 0.05) is 23.2 Å². The van der Waals surface area contributed by atoms with Crippen molar-refractivity contribution in [1.29, 1.82) is 0 Å². The number of carbonyl (C=O) groups is 1. The topological polar surface area (TPSA) is 118 Å². The number of hydrogen-bond donors (Lipinski definition) is 4. The second kappa shape index (κ2) is 10.2. The van der Waals surface area contributed by atoms with Crippen molar-refractivity contribution < 1.29 is 55.8 Å². The van der Waals surface area contributed by atoms with E-state index in [1.165, 1.54) is 0 Å². The van der Waals surface area contributed by atoms with Gasteiger partial charge in [-0.1, -0.05) is 43.3 Å². The number of carboxylic acids is 1. The van der Waals surface area contributed by atoms with Gasteiger partial charge in [-0.2, -0.15) is 0 Å². The first-order valence-electron chi connectivity index (χ1n) is 9.08. The summed E-state index contributed by atoms with van der Waals surface area (Å²) >= 11 is 0. The van der Waals surface area contributed by atoms with Gasteiger partial charge in [0.1, 0.15) is 18.1 Å². The van der Waals surface area contributed by atoms with Crippen LogP contribution in [0.4, 0.5) is 0 Å². The van der Waals surface area contributed by atoms with Crippen LogP contribution in [0.3, 0.4) is 0 Å². The van der Waals surface area contributed by atoms with Crippen LogP contribution in [0.15, 0.2) is 48.5 Å². The molecule has 0 aliphatic rings. The summed E-state index contributed by atoms with van der Waals surface area (Å²) in [6, 6.07) is 15.2. The fourth-order valence-corrected chi connectivity index (χ4v) is 3.53. The Kier molecular flexibility index (Phi) is 8.27. The quantitative estimate of drug-likeness (QED) is 0.285. The number of ether oxygens (including phenoxy) is 1. The Balaban J connectivity index is 0.00000225. The van der Waals surface area contributed by atoms with E-state index in [0.29, 0.717) is 29.7 Å². The van der Waals surface area contributed by atoms with Gasteiger partial charge in [-0.3, -0.25) is 0 Å². The maximum atomic E-state index is 11.0. The van der Waals surface area contributed by atoms with E-state index < -0.39 is 24.9 Å². The molecule has 2 atom stereocenters. The first kappa shape index (κ1) is 23.4. The molecule has 0 amide bonds. The molecule has 1 heterocycles. The molecule has 0 radical (unpaired) electrons. The maximum Gasteiger partial charge on any atom is 1.00 e. The number of aliphatic hydroxyl groups excluding tert-OH is 2. The first-order valence-corrected chi connectivity index (χ1v) is 9.08. The van der Waals surface area contributed by atoms with E-state index in [1.807, 2.05) is 47.9 Å². The number of nitrogens with two attached hydrogens (primary N) is 1. The summed E-state index contributed by atoms with van der Waals surface area (Å²) in [5.41, 5.74) is 8.69. The van der Waals surface area contributed by atoms with Crippen LogP contribution in [0.5, 0.6) is 5.75 Å². The van der Waals surface area contributed by atoms with Crippen molar-refractivity contribution in [3.05, 3.63) is 65.4 Å². The van der Waals surface area contributed by atoms with Gasteiger partial charge in [0.25, 0.3) is 0 Å². The molecule has 7 nitrogen and oxygen atoms in total. The van der Waals surface area contributed by atoms with Crippen LogP contribution in [-0.2, 0) is 17.8 Å². The Morgan fingerprint density at radius 1 is 1.17 bits per heavy atom. The largest absolute Gasteiger partial charge is 1.00 e. The number of aromatic nitrogens is 1. The van der Waals surface area contributed by atoms with Gasteiger partial charge in [0.05, 0.1) is 5.52 Å². The Morgan fingerprint density at radius 3 is 2.45 bits per heavy atom. The second-order valence-electron chi connectivity index (χ2n) is 6.55. The fourth-order valence-electron chi connectivity index (χ4n) is 3.53. The number of fused-ring (bicyclic) bond motifs is 1. The molecule has 0 bridgehead atoms. The van der Waals surface area contributed by atoms with Crippen molar-refractivity contribution in [3.8, 4) is 5.75 Å². The van der Waals surface area contributed by atoms with Crippen molar-refractivity contribution in [2.75, 3.05) is 6.61 Å². The summed E-state index contributed by atoms with van der Waals surface area (Å²) in [5.74, 6) is -0.770. The van der Waals surface area contributed by atoms with Crippen molar-refractivity contribution in [2.45, 2.75) is 32.2 Å². The van der Waals surface area contributed by atoms with Crippen LogP contribution in [0.2, 0.25) is 0 Å². The Labute approximate surface area is 192 Å². The zero-order valence-electron chi connectivity index (χ0n) is 17.6. The molecule has 0 saturated heterocycles. The van der Waals surface area contributed by atoms with E-state index in [0.717, 1.165) is 16.8 Å². The van der Waals surface area contributed by atoms with E-state index in [4.69, 9.17) is 15.6 Å². The molecule has 0 aliphatic carbocycles. The third kappa shape index (κ3) is 5.01. The molecule has 3 rings (SSSR count). The van der Waals surface area contributed by atoms with Crippen molar-refractivity contribution in [2.24, 2.45) is 5.73 Å². The minimum Gasteiger partial charge on any atom is -1.00 e. The predicted molar refractivity (Wildman–Crippen MR) is 106 cm³/mol. The number of carboxylic acid groups (broad SMARTS) is 1. The summed E-state index contributed by atoms with van der Waals surface area (Å²) in [4.78, 5) is 11.0. The molecule has 2 aromatic carbocycles. The number of nitrogens with zero attached hydrogens (tertiary/aromatic N) is 1. The van der Waals surface area contributed by atoms with Gasteiger partial charge in [0.2, 0.25) is 0 Å². The SMILES string of the molecule is CCc1c(C(O)C(N)O)c2c(OCC(=O)O)cccc2n1Cc1ccccc1.[H-].[Na+]. The molecule has 29 heavy (non-hydrogen) atoms. The Bertz CT molecular complexity index is 978. The molecule has 0 saturated carbocycles. The third-order valence-corrected chi connectivity index (χ3v) is 4.69. The van der Waals surface area contributed by atoms with Crippen molar-refractivity contribution in [1.82, 2.24) is 4.57 Å². The van der Waals surface area contributed by atoms with Gasteiger partial charge in [-0.25, -0.2) is 4.79 Å².